The number of anilines is 1. The van der Waals surface area contributed by atoms with Crippen molar-refractivity contribution in [3.8, 4) is 0 Å². The van der Waals surface area contributed by atoms with Crippen LogP contribution in [0.4, 0.5) is 5.69 Å². The Morgan fingerprint density at radius 1 is 1.45 bits per heavy atom. The first-order valence-corrected chi connectivity index (χ1v) is 7.42. The van der Waals surface area contributed by atoms with Crippen molar-refractivity contribution in [3.05, 3.63) is 28.2 Å². The maximum absolute atomic E-state index is 12.0. The molecule has 110 valence electrons. The van der Waals surface area contributed by atoms with E-state index in [4.69, 9.17) is 28.3 Å². The Hall–Kier alpha value is -0.810. The van der Waals surface area contributed by atoms with E-state index in [1.807, 2.05) is 0 Å². The van der Waals surface area contributed by atoms with Gasteiger partial charge in [0.1, 0.15) is 0 Å². The molecular weight excluding hydrogens is 299 g/mol. The molecule has 1 aromatic rings. The summed E-state index contributed by atoms with van der Waals surface area (Å²) in [6.45, 7) is 2.30. The van der Waals surface area contributed by atoms with Gasteiger partial charge in [-0.05, 0) is 43.5 Å². The highest BCUT2D eigenvalue weighted by Crippen LogP contribution is 2.25. The molecular formula is C14H18Cl2N2O2. The van der Waals surface area contributed by atoms with Crippen molar-refractivity contribution in [2.75, 3.05) is 31.6 Å². The van der Waals surface area contributed by atoms with Crippen molar-refractivity contribution in [3.63, 3.8) is 0 Å². The number of halogens is 2. The molecule has 2 N–H and O–H groups in total. The number of rotatable bonds is 5. The molecule has 1 fully saturated rings. The van der Waals surface area contributed by atoms with E-state index in [0.29, 0.717) is 28.2 Å². The molecule has 1 aliphatic rings. The van der Waals surface area contributed by atoms with Crippen molar-refractivity contribution in [1.82, 2.24) is 4.90 Å². The molecule has 1 unspecified atom stereocenters. The average molecular weight is 317 g/mol. The predicted octanol–water partition coefficient (Wildman–Crippen LogP) is 2.64. The number of nitrogens with zero attached hydrogens (tertiary/aromatic N) is 1. The monoisotopic (exact) mass is 316 g/mol. The van der Waals surface area contributed by atoms with Crippen LogP contribution in [0, 0.1) is 5.92 Å². The Kier molecular flexibility index (Phi) is 5.66. The van der Waals surface area contributed by atoms with Gasteiger partial charge in [-0.3, -0.25) is 9.69 Å². The van der Waals surface area contributed by atoms with Gasteiger partial charge in [0, 0.05) is 18.2 Å². The van der Waals surface area contributed by atoms with Gasteiger partial charge in [-0.15, -0.1) is 0 Å². The highest BCUT2D eigenvalue weighted by atomic mass is 35.5. The zero-order valence-electron chi connectivity index (χ0n) is 11.1. The summed E-state index contributed by atoms with van der Waals surface area (Å²) in [5, 5.41) is 12.7. The summed E-state index contributed by atoms with van der Waals surface area (Å²) in [6, 6.07) is 4.98. The fourth-order valence-corrected chi connectivity index (χ4v) is 2.80. The summed E-state index contributed by atoms with van der Waals surface area (Å²) >= 11 is 11.9. The summed E-state index contributed by atoms with van der Waals surface area (Å²) < 4.78 is 0. The van der Waals surface area contributed by atoms with E-state index in [0.717, 1.165) is 25.9 Å². The van der Waals surface area contributed by atoms with Gasteiger partial charge in [-0.25, -0.2) is 0 Å². The van der Waals surface area contributed by atoms with Crippen LogP contribution in [0.15, 0.2) is 18.2 Å². The van der Waals surface area contributed by atoms with Gasteiger partial charge in [-0.1, -0.05) is 23.2 Å². The molecule has 0 spiro atoms. The first-order valence-electron chi connectivity index (χ1n) is 6.66. The van der Waals surface area contributed by atoms with Gasteiger partial charge in [0.2, 0.25) is 5.91 Å². The molecule has 1 aromatic carbocycles. The van der Waals surface area contributed by atoms with Gasteiger partial charge in [-0.2, -0.15) is 0 Å². The molecule has 1 amide bonds. The second kappa shape index (κ2) is 7.27. The summed E-state index contributed by atoms with van der Waals surface area (Å²) in [4.78, 5) is 14.1. The molecule has 4 nitrogen and oxygen atoms in total. The molecule has 0 radical (unpaired) electrons. The van der Waals surface area contributed by atoms with Crippen LogP contribution in [0.25, 0.3) is 0 Å². The van der Waals surface area contributed by atoms with E-state index in [9.17, 15) is 4.79 Å². The molecule has 1 aliphatic heterocycles. The second-order valence-corrected chi connectivity index (χ2v) is 5.92. The maximum atomic E-state index is 12.0. The summed E-state index contributed by atoms with van der Waals surface area (Å²) in [5.41, 5.74) is 0.537. The smallest absolute Gasteiger partial charge is 0.238 e. The number of hydrogen-bond acceptors (Lipinski definition) is 3. The molecule has 1 saturated heterocycles. The Morgan fingerprint density at radius 3 is 3.00 bits per heavy atom. The SMILES string of the molecule is O=C(CN1CCC(CCO)C1)Nc1cc(Cl)ccc1Cl. The molecule has 0 saturated carbocycles. The van der Waals surface area contributed by atoms with Gasteiger partial charge in [0.05, 0.1) is 17.3 Å². The Labute approximate surface area is 128 Å². The minimum absolute atomic E-state index is 0.0983. The summed E-state index contributed by atoms with van der Waals surface area (Å²) in [7, 11) is 0. The molecule has 20 heavy (non-hydrogen) atoms. The number of aliphatic hydroxyl groups excluding tert-OH is 1. The number of amides is 1. The topological polar surface area (TPSA) is 52.6 Å². The van der Waals surface area contributed by atoms with Crippen LogP contribution in [0.1, 0.15) is 12.8 Å². The number of aliphatic hydroxyl groups is 1. The highest BCUT2D eigenvalue weighted by Gasteiger charge is 2.23. The second-order valence-electron chi connectivity index (χ2n) is 5.07. The van der Waals surface area contributed by atoms with Crippen molar-refractivity contribution >= 4 is 34.8 Å². The molecule has 0 aliphatic carbocycles. The quantitative estimate of drug-likeness (QED) is 0.878. The van der Waals surface area contributed by atoms with Crippen LogP contribution in [0.2, 0.25) is 10.0 Å². The van der Waals surface area contributed by atoms with E-state index in [2.05, 4.69) is 10.2 Å². The Bertz CT molecular complexity index is 482. The van der Waals surface area contributed by atoms with E-state index < -0.39 is 0 Å². The number of likely N-dealkylation sites (tertiary alicyclic amines) is 1. The third-order valence-electron chi connectivity index (χ3n) is 3.48. The van der Waals surface area contributed by atoms with Gasteiger partial charge in [0.25, 0.3) is 0 Å². The highest BCUT2D eigenvalue weighted by molar-refractivity contribution is 6.35. The van der Waals surface area contributed by atoms with Crippen molar-refractivity contribution < 1.29 is 9.90 Å². The maximum Gasteiger partial charge on any atom is 0.238 e. The lowest BCUT2D eigenvalue weighted by molar-refractivity contribution is -0.117. The number of nitrogens with one attached hydrogen (secondary N) is 1. The lowest BCUT2D eigenvalue weighted by Gasteiger charge is -2.16. The van der Waals surface area contributed by atoms with Crippen LogP contribution in [-0.4, -0.2) is 42.2 Å². The first-order chi connectivity index (χ1) is 9.58. The van der Waals surface area contributed by atoms with E-state index in [-0.39, 0.29) is 12.5 Å². The minimum atomic E-state index is -0.0983. The summed E-state index contributed by atoms with van der Waals surface area (Å²) in [6.07, 6.45) is 1.84. The first kappa shape index (κ1) is 15.6. The minimum Gasteiger partial charge on any atom is -0.396 e. The fourth-order valence-electron chi connectivity index (χ4n) is 2.46. The molecule has 0 aromatic heterocycles. The van der Waals surface area contributed by atoms with Gasteiger partial charge < -0.3 is 10.4 Å². The third-order valence-corrected chi connectivity index (χ3v) is 4.04. The Morgan fingerprint density at radius 2 is 2.25 bits per heavy atom. The normalized spacial score (nSPS) is 19.2. The zero-order valence-corrected chi connectivity index (χ0v) is 12.6. The number of carbonyl (C=O) groups excluding carboxylic acids is 1. The lowest BCUT2D eigenvalue weighted by Crippen LogP contribution is -2.31. The molecule has 1 atom stereocenters. The molecule has 2 rings (SSSR count). The van der Waals surface area contributed by atoms with E-state index in [1.165, 1.54) is 0 Å². The van der Waals surface area contributed by atoms with Crippen LogP contribution >= 0.6 is 23.2 Å². The molecule has 1 heterocycles. The standard InChI is InChI=1S/C14H18Cl2N2O2/c15-11-1-2-12(16)13(7-11)17-14(20)9-18-5-3-10(8-18)4-6-19/h1-2,7,10,19H,3-6,8-9H2,(H,17,20). The summed E-state index contributed by atoms with van der Waals surface area (Å²) in [5.74, 6) is 0.390. The number of carbonyl (C=O) groups is 1. The van der Waals surface area contributed by atoms with Crippen molar-refractivity contribution in [2.24, 2.45) is 5.92 Å². The largest absolute Gasteiger partial charge is 0.396 e. The number of benzene rings is 1. The van der Waals surface area contributed by atoms with Crippen LogP contribution in [0.5, 0.6) is 0 Å². The van der Waals surface area contributed by atoms with Crippen LogP contribution < -0.4 is 5.32 Å². The third kappa shape index (κ3) is 4.35. The lowest BCUT2D eigenvalue weighted by atomic mass is 10.1. The molecule has 0 bridgehead atoms. The van der Waals surface area contributed by atoms with E-state index >= 15 is 0 Å². The van der Waals surface area contributed by atoms with Crippen molar-refractivity contribution in [2.45, 2.75) is 12.8 Å². The van der Waals surface area contributed by atoms with Crippen LogP contribution in [-0.2, 0) is 4.79 Å². The van der Waals surface area contributed by atoms with Crippen molar-refractivity contribution in [1.29, 1.82) is 0 Å². The fraction of sp³-hybridized carbons (Fsp3) is 0.500. The van der Waals surface area contributed by atoms with E-state index in [1.54, 1.807) is 18.2 Å². The van der Waals surface area contributed by atoms with Gasteiger partial charge in [0.15, 0.2) is 0 Å². The number of hydrogen-bond donors (Lipinski definition) is 2. The zero-order chi connectivity index (χ0) is 14.5. The van der Waals surface area contributed by atoms with Gasteiger partial charge >= 0.3 is 0 Å². The Balaban J connectivity index is 1.85. The average Bonchev–Trinajstić information content (AvgIpc) is 2.81. The molecule has 6 heteroatoms. The predicted molar refractivity (Wildman–Crippen MR) is 81.3 cm³/mol. The van der Waals surface area contributed by atoms with Crippen LogP contribution in [0.3, 0.4) is 0 Å².